The highest BCUT2D eigenvalue weighted by atomic mass is 35.5. The van der Waals surface area contributed by atoms with Crippen molar-refractivity contribution < 1.29 is 0 Å². The van der Waals surface area contributed by atoms with Crippen molar-refractivity contribution >= 4 is 33.7 Å². The zero-order valence-corrected chi connectivity index (χ0v) is 11.5. The third-order valence-electron chi connectivity index (χ3n) is 3.59. The van der Waals surface area contributed by atoms with Crippen molar-refractivity contribution in [3.8, 4) is 0 Å². The van der Waals surface area contributed by atoms with Crippen molar-refractivity contribution in [2.75, 3.05) is 11.4 Å². The average molecular weight is 270 g/mol. The first-order valence-electron chi connectivity index (χ1n) is 6.12. The molecule has 5 heteroatoms. The molecule has 1 unspecified atom stereocenters. The van der Waals surface area contributed by atoms with Gasteiger partial charge in [-0.1, -0.05) is 6.92 Å². The van der Waals surface area contributed by atoms with Crippen LogP contribution in [-0.2, 0) is 5.88 Å². The Morgan fingerprint density at radius 2 is 2.47 bits per heavy atom. The molecule has 0 aliphatic carbocycles. The van der Waals surface area contributed by atoms with E-state index >= 15 is 0 Å². The second-order valence-corrected chi connectivity index (χ2v) is 5.61. The molecule has 0 N–H and O–H groups in total. The number of hydrogen-bond donors (Lipinski definition) is 0. The third kappa shape index (κ3) is 1.74. The van der Waals surface area contributed by atoms with Gasteiger partial charge in [0.2, 0.25) is 0 Å². The molecule has 1 aliphatic rings. The lowest BCUT2D eigenvalue weighted by molar-refractivity contribution is 0.640. The fourth-order valence-corrected chi connectivity index (χ4v) is 3.69. The van der Waals surface area contributed by atoms with Crippen molar-refractivity contribution in [3.63, 3.8) is 0 Å². The summed E-state index contributed by atoms with van der Waals surface area (Å²) in [5, 5.41) is 2.06. The van der Waals surface area contributed by atoms with Crippen molar-refractivity contribution in [1.29, 1.82) is 0 Å². The van der Waals surface area contributed by atoms with Crippen molar-refractivity contribution in [1.82, 2.24) is 9.38 Å². The Bertz CT molecular complexity index is 519. The molecular formula is C12H16ClN3S. The second kappa shape index (κ2) is 4.50. The van der Waals surface area contributed by atoms with E-state index in [0.717, 1.165) is 23.0 Å². The molecule has 2 aromatic heterocycles. The Morgan fingerprint density at radius 1 is 1.59 bits per heavy atom. The lowest BCUT2D eigenvalue weighted by Gasteiger charge is -2.24. The molecule has 1 fully saturated rings. The van der Waals surface area contributed by atoms with Gasteiger partial charge in [-0.05, 0) is 19.3 Å². The van der Waals surface area contributed by atoms with Gasteiger partial charge in [-0.15, -0.1) is 22.9 Å². The van der Waals surface area contributed by atoms with Gasteiger partial charge in [0.05, 0.1) is 11.6 Å². The SMILES string of the molecule is CCC1CCCN1c1nc2sccn2c1CCl. The summed E-state index contributed by atoms with van der Waals surface area (Å²) in [6.07, 6.45) is 5.80. The van der Waals surface area contributed by atoms with Crippen LogP contribution in [0.5, 0.6) is 0 Å². The summed E-state index contributed by atoms with van der Waals surface area (Å²) in [5.74, 6) is 1.64. The molecule has 17 heavy (non-hydrogen) atoms. The highest BCUT2D eigenvalue weighted by Gasteiger charge is 2.27. The predicted octanol–water partition coefficient (Wildman–Crippen LogP) is 3.51. The van der Waals surface area contributed by atoms with E-state index in [2.05, 4.69) is 27.8 Å². The number of imidazole rings is 1. The number of fused-ring (bicyclic) bond motifs is 1. The molecule has 3 nitrogen and oxygen atoms in total. The highest BCUT2D eigenvalue weighted by Crippen LogP contribution is 2.32. The third-order valence-corrected chi connectivity index (χ3v) is 4.60. The number of nitrogens with zero attached hydrogens (tertiary/aromatic N) is 3. The minimum atomic E-state index is 0.528. The number of hydrogen-bond acceptors (Lipinski definition) is 3. The molecule has 92 valence electrons. The van der Waals surface area contributed by atoms with E-state index in [-0.39, 0.29) is 0 Å². The van der Waals surface area contributed by atoms with Crippen LogP contribution >= 0.6 is 22.9 Å². The maximum Gasteiger partial charge on any atom is 0.195 e. The molecular weight excluding hydrogens is 254 g/mol. The van der Waals surface area contributed by atoms with Gasteiger partial charge in [-0.3, -0.25) is 4.40 Å². The van der Waals surface area contributed by atoms with Gasteiger partial charge < -0.3 is 4.90 Å². The molecule has 0 radical (unpaired) electrons. The van der Waals surface area contributed by atoms with Crippen LogP contribution in [0.15, 0.2) is 11.6 Å². The summed E-state index contributed by atoms with van der Waals surface area (Å²) in [4.78, 5) is 8.24. The summed E-state index contributed by atoms with van der Waals surface area (Å²) < 4.78 is 2.12. The van der Waals surface area contributed by atoms with Crippen LogP contribution in [0.1, 0.15) is 31.9 Å². The minimum absolute atomic E-state index is 0.528. The van der Waals surface area contributed by atoms with E-state index < -0.39 is 0 Å². The number of halogens is 1. The van der Waals surface area contributed by atoms with Crippen molar-refractivity contribution in [2.24, 2.45) is 0 Å². The van der Waals surface area contributed by atoms with Crippen LogP contribution in [0.25, 0.3) is 4.96 Å². The Morgan fingerprint density at radius 3 is 3.24 bits per heavy atom. The van der Waals surface area contributed by atoms with E-state index in [1.165, 1.54) is 19.3 Å². The van der Waals surface area contributed by atoms with E-state index in [9.17, 15) is 0 Å². The van der Waals surface area contributed by atoms with Gasteiger partial charge in [0.25, 0.3) is 0 Å². The molecule has 0 saturated carbocycles. The van der Waals surface area contributed by atoms with E-state index in [0.29, 0.717) is 11.9 Å². The van der Waals surface area contributed by atoms with Gasteiger partial charge in [0, 0.05) is 24.2 Å². The normalized spacial score (nSPS) is 20.6. The molecule has 0 bridgehead atoms. The Hall–Kier alpha value is -0.740. The zero-order valence-electron chi connectivity index (χ0n) is 9.90. The molecule has 0 spiro atoms. The molecule has 1 atom stereocenters. The lowest BCUT2D eigenvalue weighted by atomic mass is 10.2. The number of alkyl halides is 1. The standard InChI is InChI=1S/C12H16ClN3S/c1-2-9-4-3-5-15(9)11-10(8-13)16-6-7-17-12(16)14-11/h6-7,9H,2-5,8H2,1H3. The van der Waals surface area contributed by atoms with Crippen LogP contribution in [0.3, 0.4) is 0 Å². The van der Waals surface area contributed by atoms with Crippen LogP contribution in [0.4, 0.5) is 5.82 Å². The van der Waals surface area contributed by atoms with Gasteiger partial charge in [0.1, 0.15) is 0 Å². The minimum Gasteiger partial charge on any atom is -0.352 e. The number of aromatic nitrogens is 2. The Balaban J connectivity index is 2.06. The van der Waals surface area contributed by atoms with Gasteiger partial charge in [-0.25, -0.2) is 4.98 Å². The average Bonchev–Trinajstić information content (AvgIpc) is 3.02. The van der Waals surface area contributed by atoms with Crippen LogP contribution in [0.2, 0.25) is 0 Å². The quantitative estimate of drug-likeness (QED) is 0.795. The maximum atomic E-state index is 6.10. The number of rotatable bonds is 3. The van der Waals surface area contributed by atoms with E-state index in [4.69, 9.17) is 16.6 Å². The topological polar surface area (TPSA) is 20.5 Å². The van der Waals surface area contributed by atoms with Gasteiger partial charge in [-0.2, -0.15) is 0 Å². The summed E-state index contributed by atoms with van der Waals surface area (Å²) in [6, 6.07) is 0.640. The number of anilines is 1. The summed E-state index contributed by atoms with van der Waals surface area (Å²) in [6.45, 7) is 3.37. The first kappa shape index (κ1) is 11.4. The van der Waals surface area contributed by atoms with Crippen LogP contribution < -0.4 is 4.90 Å². The molecule has 3 heterocycles. The fourth-order valence-electron chi connectivity index (χ4n) is 2.71. The fraction of sp³-hybridized carbons (Fsp3) is 0.583. The van der Waals surface area contributed by atoms with Crippen molar-refractivity contribution in [2.45, 2.75) is 38.1 Å². The molecule has 2 aromatic rings. The zero-order chi connectivity index (χ0) is 11.8. The predicted molar refractivity (Wildman–Crippen MR) is 73.3 cm³/mol. The smallest absolute Gasteiger partial charge is 0.195 e. The van der Waals surface area contributed by atoms with Crippen LogP contribution in [-0.4, -0.2) is 22.0 Å². The van der Waals surface area contributed by atoms with Gasteiger partial charge in [0.15, 0.2) is 10.8 Å². The van der Waals surface area contributed by atoms with Gasteiger partial charge >= 0.3 is 0 Å². The first-order chi connectivity index (χ1) is 8.35. The lowest BCUT2D eigenvalue weighted by Crippen LogP contribution is -2.29. The summed E-state index contributed by atoms with van der Waals surface area (Å²) in [7, 11) is 0. The maximum absolute atomic E-state index is 6.10. The monoisotopic (exact) mass is 269 g/mol. The van der Waals surface area contributed by atoms with E-state index in [1.807, 2.05) is 0 Å². The molecule has 1 saturated heterocycles. The molecule has 3 rings (SSSR count). The van der Waals surface area contributed by atoms with E-state index in [1.54, 1.807) is 11.3 Å². The summed E-state index contributed by atoms with van der Waals surface area (Å²) in [5.41, 5.74) is 1.14. The molecule has 1 aliphatic heterocycles. The largest absolute Gasteiger partial charge is 0.352 e. The summed E-state index contributed by atoms with van der Waals surface area (Å²) >= 11 is 7.77. The second-order valence-electron chi connectivity index (χ2n) is 4.47. The molecule has 0 aromatic carbocycles. The highest BCUT2D eigenvalue weighted by molar-refractivity contribution is 7.15. The Kier molecular flexibility index (Phi) is 3.01. The first-order valence-corrected chi connectivity index (χ1v) is 7.53. The van der Waals surface area contributed by atoms with Crippen molar-refractivity contribution in [3.05, 3.63) is 17.3 Å². The number of thiazole rings is 1. The Labute approximate surface area is 110 Å². The molecule has 0 amide bonds. The van der Waals surface area contributed by atoms with Crippen LogP contribution in [0, 0.1) is 0 Å².